The minimum atomic E-state index is 0.403. The van der Waals surface area contributed by atoms with Gasteiger partial charge in [0.25, 0.3) is 0 Å². The summed E-state index contributed by atoms with van der Waals surface area (Å²) in [6, 6.07) is 17.1. The largest absolute Gasteiger partial charge is 0.439 e. The van der Waals surface area contributed by atoms with Gasteiger partial charge >= 0.3 is 0 Å². The van der Waals surface area contributed by atoms with E-state index in [1.54, 1.807) is 10.6 Å². The molecule has 1 aromatic heterocycles. The van der Waals surface area contributed by atoms with Gasteiger partial charge in [0.05, 0.1) is 12.2 Å². The quantitative estimate of drug-likeness (QED) is 0.715. The van der Waals surface area contributed by atoms with Crippen molar-refractivity contribution in [3.8, 4) is 17.7 Å². The van der Waals surface area contributed by atoms with Gasteiger partial charge < -0.3 is 10.5 Å². The Hall–Kier alpha value is -2.90. The summed E-state index contributed by atoms with van der Waals surface area (Å²) in [4.78, 5) is 0. The van der Waals surface area contributed by atoms with E-state index in [2.05, 4.69) is 6.07 Å². The summed E-state index contributed by atoms with van der Waals surface area (Å²) in [7, 11) is 0. The smallest absolute Gasteiger partial charge is 0.224 e. The minimum absolute atomic E-state index is 0.403. The summed E-state index contributed by atoms with van der Waals surface area (Å²) >= 11 is 6.26. The van der Waals surface area contributed by atoms with E-state index in [0.717, 1.165) is 11.1 Å². The molecule has 0 saturated carbocycles. The fraction of sp³-hybridized carbons (Fsp3) is 0.150. The second-order valence-corrected chi connectivity index (χ2v) is 6.33. The first kappa shape index (κ1) is 16.9. The second-order valence-electron chi connectivity index (χ2n) is 5.93. The number of nitriles is 1. The lowest BCUT2D eigenvalue weighted by Crippen LogP contribution is -2.05. The molecule has 0 aliphatic rings. The first-order valence-electron chi connectivity index (χ1n) is 7.87. The van der Waals surface area contributed by atoms with Crippen LogP contribution in [0.15, 0.2) is 48.5 Å². The van der Waals surface area contributed by atoms with Crippen molar-refractivity contribution in [2.75, 3.05) is 5.73 Å². The molecule has 0 bridgehead atoms. The molecule has 0 fully saturated rings. The third kappa shape index (κ3) is 3.47. The molecule has 25 heavy (non-hydrogen) atoms. The van der Waals surface area contributed by atoms with Crippen molar-refractivity contribution >= 4 is 17.3 Å². The number of hydrogen-bond acceptors (Lipinski definition) is 3. The Morgan fingerprint density at radius 2 is 1.88 bits per heavy atom. The predicted molar refractivity (Wildman–Crippen MR) is 100 cm³/mol. The minimum Gasteiger partial charge on any atom is -0.439 e. The second kappa shape index (κ2) is 6.92. The molecular weight excluding hydrogens is 334 g/mol. The zero-order valence-corrected chi connectivity index (χ0v) is 14.8. The van der Waals surface area contributed by atoms with E-state index in [-0.39, 0.29) is 0 Å². The molecular formula is C20H18ClN3O. The van der Waals surface area contributed by atoms with Crippen LogP contribution < -0.4 is 10.5 Å². The van der Waals surface area contributed by atoms with E-state index in [1.807, 2.05) is 56.3 Å². The summed E-state index contributed by atoms with van der Waals surface area (Å²) in [5, 5.41) is 10.1. The fourth-order valence-corrected chi connectivity index (χ4v) is 2.80. The molecule has 2 aromatic carbocycles. The van der Waals surface area contributed by atoms with Crippen LogP contribution in [0.25, 0.3) is 0 Å². The Balaban J connectivity index is 2.01. The molecule has 1 heterocycles. The maximum Gasteiger partial charge on any atom is 0.224 e. The number of aromatic nitrogens is 1. The van der Waals surface area contributed by atoms with Crippen LogP contribution in [0.3, 0.4) is 0 Å². The molecule has 3 aromatic rings. The van der Waals surface area contributed by atoms with Crippen LogP contribution in [0.4, 0.5) is 5.69 Å². The lowest BCUT2D eigenvalue weighted by Gasteiger charge is -2.14. The van der Waals surface area contributed by atoms with Gasteiger partial charge in [0.15, 0.2) is 0 Å². The van der Waals surface area contributed by atoms with Crippen LogP contribution in [0.2, 0.25) is 5.02 Å². The SMILES string of the molecule is Cc1ccc(Oc2c(N)cc(C#N)n2Cc2ccccc2Cl)cc1C. The molecule has 5 heteroatoms. The molecule has 0 amide bonds. The van der Waals surface area contributed by atoms with Crippen LogP contribution >= 0.6 is 11.6 Å². The topological polar surface area (TPSA) is 64.0 Å². The van der Waals surface area contributed by atoms with E-state index in [9.17, 15) is 5.26 Å². The third-order valence-electron chi connectivity index (χ3n) is 4.17. The number of nitrogens with zero attached hydrogens (tertiary/aromatic N) is 2. The van der Waals surface area contributed by atoms with Crippen LogP contribution in [0.1, 0.15) is 22.4 Å². The van der Waals surface area contributed by atoms with Gasteiger partial charge in [0.2, 0.25) is 5.88 Å². The first-order valence-corrected chi connectivity index (χ1v) is 8.25. The molecule has 0 aliphatic heterocycles. The molecule has 3 rings (SSSR count). The number of rotatable bonds is 4. The monoisotopic (exact) mass is 351 g/mol. The maximum atomic E-state index is 9.44. The molecule has 0 unspecified atom stereocenters. The zero-order chi connectivity index (χ0) is 18.0. The lowest BCUT2D eigenvalue weighted by atomic mass is 10.1. The maximum absolute atomic E-state index is 9.44. The van der Waals surface area contributed by atoms with Gasteiger partial charge in [0, 0.05) is 11.1 Å². The standard InChI is InChI=1S/C20H18ClN3O/c1-13-7-8-17(9-14(13)2)25-20-19(23)10-16(11-22)24(20)12-15-5-3-4-6-18(15)21/h3-10H,12,23H2,1-2H3. The Bertz CT molecular complexity index is 970. The van der Waals surface area contributed by atoms with Crippen molar-refractivity contribution in [1.82, 2.24) is 4.57 Å². The molecule has 0 atom stereocenters. The van der Waals surface area contributed by atoms with Gasteiger partial charge in [0.1, 0.15) is 17.5 Å². The fourth-order valence-electron chi connectivity index (χ4n) is 2.60. The first-order chi connectivity index (χ1) is 12.0. The number of nitrogen functional groups attached to an aromatic ring is 1. The van der Waals surface area contributed by atoms with Gasteiger partial charge in [-0.1, -0.05) is 35.9 Å². The zero-order valence-electron chi connectivity index (χ0n) is 14.1. The Labute approximate surface area is 152 Å². The number of nitrogens with two attached hydrogens (primary N) is 1. The van der Waals surface area contributed by atoms with Gasteiger partial charge in [-0.15, -0.1) is 0 Å². The summed E-state index contributed by atoms with van der Waals surface area (Å²) in [6.45, 7) is 4.47. The Morgan fingerprint density at radius 3 is 2.56 bits per heavy atom. The van der Waals surface area contributed by atoms with E-state index >= 15 is 0 Å². The van der Waals surface area contributed by atoms with Crippen molar-refractivity contribution in [2.24, 2.45) is 0 Å². The van der Waals surface area contributed by atoms with Crippen LogP contribution in [0.5, 0.6) is 11.6 Å². The van der Waals surface area contributed by atoms with Crippen molar-refractivity contribution < 1.29 is 4.74 Å². The number of hydrogen-bond donors (Lipinski definition) is 1. The lowest BCUT2D eigenvalue weighted by molar-refractivity contribution is 0.437. The highest BCUT2D eigenvalue weighted by Crippen LogP contribution is 2.33. The molecule has 0 aliphatic carbocycles. The highest BCUT2D eigenvalue weighted by molar-refractivity contribution is 6.31. The van der Waals surface area contributed by atoms with Gasteiger partial charge in [-0.25, -0.2) is 0 Å². The van der Waals surface area contributed by atoms with Crippen molar-refractivity contribution in [3.63, 3.8) is 0 Å². The van der Waals surface area contributed by atoms with Crippen LogP contribution in [-0.4, -0.2) is 4.57 Å². The van der Waals surface area contributed by atoms with E-state index < -0.39 is 0 Å². The number of anilines is 1. The molecule has 2 N–H and O–H groups in total. The molecule has 126 valence electrons. The highest BCUT2D eigenvalue weighted by Gasteiger charge is 2.17. The predicted octanol–water partition coefficient (Wildman–Crippen LogP) is 5.05. The summed E-state index contributed by atoms with van der Waals surface area (Å²) < 4.78 is 7.76. The van der Waals surface area contributed by atoms with Gasteiger partial charge in [-0.2, -0.15) is 5.26 Å². The molecule has 0 spiro atoms. The third-order valence-corrected chi connectivity index (χ3v) is 4.54. The normalized spacial score (nSPS) is 10.5. The Morgan fingerprint density at radius 1 is 1.12 bits per heavy atom. The van der Waals surface area contributed by atoms with E-state index in [1.165, 1.54) is 5.56 Å². The summed E-state index contributed by atoms with van der Waals surface area (Å²) in [6.07, 6.45) is 0. The number of benzene rings is 2. The number of ether oxygens (including phenoxy) is 1. The van der Waals surface area contributed by atoms with E-state index in [4.69, 9.17) is 22.1 Å². The highest BCUT2D eigenvalue weighted by atomic mass is 35.5. The van der Waals surface area contributed by atoms with Crippen molar-refractivity contribution in [3.05, 3.63) is 75.9 Å². The summed E-state index contributed by atoms with van der Waals surface area (Å²) in [5.74, 6) is 1.12. The Kier molecular flexibility index (Phi) is 4.69. The number of aryl methyl sites for hydroxylation is 2. The van der Waals surface area contributed by atoms with Crippen LogP contribution in [-0.2, 0) is 6.54 Å². The van der Waals surface area contributed by atoms with Gasteiger partial charge in [-0.3, -0.25) is 4.57 Å². The van der Waals surface area contributed by atoms with E-state index in [0.29, 0.717) is 34.6 Å². The summed E-state index contributed by atoms with van der Waals surface area (Å²) in [5.41, 5.74) is 10.1. The molecule has 0 saturated heterocycles. The van der Waals surface area contributed by atoms with Crippen molar-refractivity contribution in [1.29, 1.82) is 5.26 Å². The van der Waals surface area contributed by atoms with Crippen LogP contribution in [0, 0.1) is 25.2 Å². The number of halogens is 1. The van der Waals surface area contributed by atoms with Crippen molar-refractivity contribution in [2.45, 2.75) is 20.4 Å². The van der Waals surface area contributed by atoms with Gasteiger partial charge in [-0.05, 0) is 48.7 Å². The molecule has 0 radical (unpaired) electrons. The molecule has 4 nitrogen and oxygen atoms in total. The average Bonchev–Trinajstić information content (AvgIpc) is 2.89. The average molecular weight is 352 g/mol.